The maximum Gasteiger partial charge on any atom is 0.227 e. The minimum absolute atomic E-state index is 0.0475. The molecular weight excluding hydrogens is 418 g/mol. The zero-order chi connectivity index (χ0) is 23.5. The predicted octanol–water partition coefficient (Wildman–Crippen LogP) is 5.03. The normalized spacial score (nSPS) is 15.1. The summed E-state index contributed by atoms with van der Waals surface area (Å²) in [6.45, 7) is 3.99. The maximum absolute atomic E-state index is 13.1. The third kappa shape index (κ3) is 4.49. The summed E-state index contributed by atoms with van der Waals surface area (Å²) in [6.07, 6.45) is 1.98. The monoisotopic (exact) mass is 447 g/mol. The van der Waals surface area contributed by atoms with E-state index in [-0.39, 0.29) is 11.7 Å². The summed E-state index contributed by atoms with van der Waals surface area (Å²) in [6, 6.07) is 12.0. The average molecular weight is 448 g/mol. The van der Waals surface area contributed by atoms with Gasteiger partial charge in [-0.3, -0.25) is 4.79 Å². The zero-order valence-electron chi connectivity index (χ0n) is 19.7. The van der Waals surface area contributed by atoms with Gasteiger partial charge in [-0.05, 0) is 61.1 Å². The Morgan fingerprint density at radius 3 is 2.21 bits per heavy atom. The molecule has 0 bridgehead atoms. The number of methoxy groups -OCH3 is 3. The topological polar surface area (TPSA) is 82.6 Å². The number of ether oxygens (including phenoxy) is 3. The number of rotatable bonds is 7. The van der Waals surface area contributed by atoms with Crippen LogP contribution in [0.4, 0.5) is 11.6 Å². The molecule has 0 saturated heterocycles. The zero-order valence-corrected chi connectivity index (χ0v) is 19.7. The van der Waals surface area contributed by atoms with E-state index in [1.165, 1.54) is 5.56 Å². The van der Waals surface area contributed by atoms with Crippen molar-refractivity contribution in [1.29, 1.82) is 0 Å². The van der Waals surface area contributed by atoms with Crippen molar-refractivity contribution in [3.8, 4) is 17.2 Å². The first-order valence-corrected chi connectivity index (χ1v) is 11.0. The van der Waals surface area contributed by atoms with Gasteiger partial charge in [-0.2, -0.15) is 0 Å². The van der Waals surface area contributed by atoms with Gasteiger partial charge in [0.05, 0.1) is 38.3 Å². The number of ketones is 1. The van der Waals surface area contributed by atoms with E-state index < -0.39 is 0 Å². The molecule has 0 fully saturated rings. The number of nitrogens with one attached hydrogen (secondary N) is 1. The number of anilines is 2. The van der Waals surface area contributed by atoms with Crippen molar-refractivity contribution in [2.24, 2.45) is 0 Å². The molecule has 0 saturated carbocycles. The summed E-state index contributed by atoms with van der Waals surface area (Å²) in [7, 11) is 4.75. The van der Waals surface area contributed by atoms with Gasteiger partial charge < -0.3 is 19.5 Å². The SMILES string of the molecule is CCc1ccc(Nc2nc(C)c3c(n2)C[C@@H](c2cc(OC)c(OC)c(OC)c2)CC3=O)cc1. The van der Waals surface area contributed by atoms with Crippen molar-refractivity contribution >= 4 is 17.4 Å². The first-order chi connectivity index (χ1) is 16.0. The van der Waals surface area contributed by atoms with Crippen LogP contribution < -0.4 is 19.5 Å². The number of fused-ring (bicyclic) bond motifs is 1. The van der Waals surface area contributed by atoms with Crippen LogP contribution >= 0.6 is 0 Å². The Labute approximate surface area is 194 Å². The summed E-state index contributed by atoms with van der Waals surface area (Å²) < 4.78 is 16.4. The fraction of sp³-hybridized carbons (Fsp3) is 0.346. The van der Waals surface area contributed by atoms with Crippen LogP contribution in [0.5, 0.6) is 17.2 Å². The van der Waals surface area contributed by atoms with E-state index in [4.69, 9.17) is 19.2 Å². The highest BCUT2D eigenvalue weighted by Gasteiger charge is 2.31. The number of hydrogen-bond acceptors (Lipinski definition) is 7. The molecule has 1 aliphatic carbocycles. The van der Waals surface area contributed by atoms with Gasteiger partial charge in [-0.15, -0.1) is 0 Å². The second-order valence-electron chi connectivity index (χ2n) is 8.12. The number of nitrogens with zero attached hydrogens (tertiary/aromatic N) is 2. The molecule has 1 N–H and O–H groups in total. The van der Waals surface area contributed by atoms with E-state index in [9.17, 15) is 4.79 Å². The van der Waals surface area contributed by atoms with Gasteiger partial charge >= 0.3 is 0 Å². The van der Waals surface area contributed by atoms with E-state index in [1.807, 2.05) is 31.2 Å². The second kappa shape index (κ2) is 9.48. The number of Topliss-reactive ketones (excluding diaryl/α,β-unsaturated/α-hetero) is 1. The average Bonchev–Trinajstić information content (AvgIpc) is 2.82. The third-order valence-electron chi connectivity index (χ3n) is 6.09. The van der Waals surface area contributed by atoms with Gasteiger partial charge in [0, 0.05) is 12.1 Å². The highest BCUT2D eigenvalue weighted by atomic mass is 16.5. The minimum Gasteiger partial charge on any atom is -0.493 e. The number of aromatic nitrogens is 2. The molecule has 0 amide bonds. The molecule has 0 aliphatic heterocycles. The summed E-state index contributed by atoms with van der Waals surface area (Å²) in [5.74, 6) is 2.17. The van der Waals surface area contributed by atoms with E-state index >= 15 is 0 Å². The minimum atomic E-state index is -0.0512. The molecule has 7 heteroatoms. The highest BCUT2D eigenvalue weighted by molar-refractivity contribution is 5.99. The molecule has 4 rings (SSSR count). The standard InChI is InChI=1S/C26H29N3O4/c1-6-16-7-9-19(10-8-16)28-26-27-15(2)24-20(29-26)11-17(12-21(24)30)18-13-22(31-3)25(33-5)23(14-18)32-4/h7-10,13-14,17H,6,11-12H2,1-5H3,(H,27,28,29)/t17-/m1/s1. The molecule has 3 aromatic rings. The summed E-state index contributed by atoms with van der Waals surface area (Å²) in [5, 5.41) is 3.28. The highest BCUT2D eigenvalue weighted by Crippen LogP contribution is 2.43. The van der Waals surface area contributed by atoms with Crippen molar-refractivity contribution in [2.45, 2.75) is 39.0 Å². The van der Waals surface area contributed by atoms with Crippen molar-refractivity contribution in [1.82, 2.24) is 9.97 Å². The molecule has 0 unspecified atom stereocenters. The van der Waals surface area contributed by atoms with Gasteiger partial charge in [-0.25, -0.2) is 9.97 Å². The van der Waals surface area contributed by atoms with Gasteiger partial charge in [-0.1, -0.05) is 19.1 Å². The predicted molar refractivity (Wildman–Crippen MR) is 127 cm³/mol. The molecule has 172 valence electrons. The first kappa shape index (κ1) is 22.6. The fourth-order valence-electron chi connectivity index (χ4n) is 4.36. The summed E-state index contributed by atoms with van der Waals surface area (Å²) in [4.78, 5) is 22.4. The van der Waals surface area contributed by atoms with Crippen LogP contribution in [0.1, 0.15) is 52.1 Å². The Morgan fingerprint density at radius 2 is 1.64 bits per heavy atom. The lowest BCUT2D eigenvalue weighted by Crippen LogP contribution is -2.23. The Hall–Kier alpha value is -3.61. The molecule has 7 nitrogen and oxygen atoms in total. The van der Waals surface area contributed by atoms with Crippen LogP contribution in [0.3, 0.4) is 0 Å². The second-order valence-corrected chi connectivity index (χ2v) is 8.12. The largest absolute Gasteiger partial charge is 0.493 e. The quantitative estimate of drug-likeness (QED) is 0.544. The van der Waals surface area contributed by atoms with E-state index in [0.29, 0.717) is 47.3 Å². The number of aryl methyl sites for hydroxylation is 2. The molecule has 33 heavy (non-hydrogen) atoms. The van der Waals surface area contributed by atoms with Crippen LogP contribution in [0.25, 0.3) is 0 Å². The van der Waals surface area contributed by atoms with Gasteiger partial charge in [0.25, 0.3) is 0 Å². The molecule has 1 aromatic heterocycles. The van der Waals surface area contributed by atoms with Crippen LogP contribution in [0.15, 0.2) is 36.4 Å². The Bertz CT molecular complexity index is 1150. The summed E-state index contributed by atoms with van der Waals surface area (Å²) in [5.41, 5.74) is 5.21. The fourth-order valence-corrected chi connectivity index (χ4v) is 4.36. The van der Waals surface area contributed by atoms with Gasteiger partial charge in [0.2, 0.25) is 11.7 Å². The van der Waals surface area contributed by atoms with Gasteiger partial charge in [0.15, 0.2) is 17.3 Å². The molecule has 0 spiro atoms. The van der Waals surface area contributed by atoms with Crippen LogP contribution in [-0.2, 0) is 12.8 Å². The lowest BCUT2D eigenvalue weighted by atomic mass is 9.81. The molecule has 2 aromatic carbocycles. The van der Waals surface area contributed by atoms with Crippen molar-refractivity contribution < 1.29 is 19.0 Å². The molecule has 1 atom stereocenters. The van der Waals surface area contributed by atoms with Crippen LogP contribution in [-0.4, -0.2) is 37.1 Å². The molecule has 1 heterocycles. The Kier molecular flexibility index (Phi) is 6.49. The maximum atomic E-state index is 13.1. The lowest BCUT2D eigenvalue weighted by molar-refractivity contribution is 0.0962. The van der Waals surface area contributed by atoms with Crippen molar-refractivity contribution in [2.75, 3.05) is 26.6 Å². The van der Waals surface area contributed by atoms with E-state index in [0.717, 1.165) is 23.4 Å². The lowest BCUT2D eigenvalue weighted by Gasteiger charge is -2.26. The first-order valence-electron chi connectivity index (χ1n) is 11.0. The van der Waals surface area contributed by atoms with Gasteiger partial charge in [0.1, 0.15) is 0 Å². The smallest absolute Gasteiger partial charge is 0.227 e. The Morgan fingerprint density at radius 1 is 0.970 bits per heavy atom. The summed E-state index contributed by atoms with van der Waals surface area (Å²) >= 11 is 0. The molecule has 1 aliphatic rings. The van der Waals surface area contributed by atoms with Crippen LogP contribution in [0, 0.1) is 6.92 Å². The van der Waals surface area contributed by atoms with Crippen molar-refractivity contribution in [3.05, 3.63) is 64.5 Å². The molecular formula is C26H29N3O4. The molecule has 0 radical (unpaired) electrons. The number of carbonyl (C=O) groups excluding carboxylic acids is 1. The third-order valence-corrected chi connectivity index (χ3v) is 6.09. The number of benzene rings is 2. The van der Waals surface area contributed by atoms with E-state index in [1.54, 1.807) is 21.3 Å². The van der Waals surface area contributed by atoms with E-state index in [2.05, 4.69) is 29.4 Å². The Balaban J connectivity index is 1.66. The number of carbonyl (C=O) groups is 1. The van der Waals surface area contributed by atoms with Crippen molar-refractivity contribution in [3.63, 3.8) is 0 Å². The number of hydrogen-bond donors (Lipinski definition) is 1. The van der Waals surface area contributed by atoms with Crippen LogP contribution in [0.2, 0.25) is 0 Å².